The molecule has 0 radical (unpaired) electrons. The van der Waals surface area contributed by atoms with Gasteiger partial charge in [0.1, 0.15) is 36.6 Å². The molecule has 9 heteroatoms. The summed E-state index contributed by atoms with van der Waals surface area (Å²) in [7, 11) is 0. The van der Waals surface area contributed by atoms with Gasteiger partial charge >= 0.3 is 0 Å². The SMILES string of the molecule is Brc1ccc2c(c1)OCc1[nH]c(C3CCCC3)nc1-2.O=C(NC1COc2cc(Br)ccc2C1=O)C1CCCC1. The summed E-state index contributed by atoms with van der Waals surface area (Å²) in [4.78, 5) is 32.8. The van der Waals surface area contributed by atoms with E-state index in [9.17, 15) is 9.59 Å². The summed E-state index contributed by atoms with van der Waals surface area (Å²) in [5.74, 6) is 3.26. The Morgan fingerprint density at radius 2 is 1.54 bits per heavy atom. The first-order chi connectivity index (χ1) is 19.0. The molecule has 7 nitrogen and oxygen atoms in total. The number of benzene rings is 2. The number of Topliss-reactive ketones (excluding diaryl/α,β-unsaturated/α-hetero) is 1. The number of ketones is 1. The van der Waals surface area contributed by atoms with Crippen molar-refractivity contribution in [3.8, 4) is 22.8 Å². The predicted octanol–water partition coefficient (Wildman–Crippen LogP) is 7.09. The van der Waals surface area contributed by atoms with Gasteiger partial charge in [-0.1, -0.05) is 57.5 Å². The third kappa shape index (κ3) is 5.66. The molecule has 2 fully saturated rings. The lowest BCUT2D eigenvalue weighted by atomic mass is 9.99. The molecular weight excluding hydrogens is 626 g/mol. The maximum Gasteiger partial charge on any atom is 0.223 e. The molecule has 2 N–H and O–H groups in total. The maximum atomic E-state index is 12.4. The predicted molar refractivity (Wildman–Crippen MR) is 155 cm³/mol. The van der Waals surface area contributed by atoms with E-state index in [4.69, 9.17) is 14.5 Å². The van der Waals surface area contributed by atoms with Crippen molar-refractivity contribution >= 4 is 43.6 Å². The van der Waals surface area contributed by atoms with Crippen LogP contribution in [0.25, 0.3) is 11.3 Å². The van der Waals surface area contributed by atoms with Crippen LogP contribution in [0.5, 0.6) is 11.5 Å². The minimum absolute atomic E-state index is 0.00925. The van der Waals surface area contributed by atoms with E-state index in [1.807, 2.05) is 12.1 Å². The first kappa shape index (κ1) is 26.6. The van der Waals surface area contributed by atoms with Crippen molar-refractivity contribution in [1.82, 2.24) is 15.3 Å². The quantitative estimate of drug-likeness (QED) is 0.314. The number of H-pyrrole nitrogens is 1. The van der Waals surface area contributed by atoms with Gasteiger partial charge in [0.05, 0.1) is 17.0 Å². The zero-order chi connectivity index (χ0) is 26.9. The Morgan fingerprint density at radius 3 is 2.26 bits per heavy atom. The van der Waals surface area contributed by atoms with Crippen molar-refractivity contribution in [2.75, 3.05) is 6.61 Å². The average Bonchev–Trinajstić information content (AvgIpc) is 3.72. The summed E-state index contributed by atoms with van der Waals surface area (Å²) >= 11 is 6.83. The number of nitrogens with one attached hydrogen (secondary N) is 2. The third-order valence-electron chi connectivity index (χ3n) is 8.08. The number of carbonyl (C=O) groups is 2. The number of amides is 1. The van der Waals surface area contributed by atoms with Crippen LogP contribution in [0.15, 0.2) is 45.3 Å². The zero-order valence-electron chi connectivity index (χ0n) is 21.6. The number of rotatable bonds is 3. The number of nitrogens with zero attached hydrogens (tertiary/aromatic N) is 1. The summed E-state index contributed by atoms with van der Waals surface area (Å²) < 4.78 is 13.3. The number of ether oxygens (including phenoxy) is 2. The van der Waals surface area contributed by atoms with Crippen LogP contribution in [-0.2, 0) is 11.4 Å². The Bertz CT molecular complexity index is 1390. The number of carbonyl (C=O) groups excluding carboxylic acids is 2. The van der Waals surface area contributed by atoms with Crippen LogP contribution in [0.2, 0.25) is 0 Å². The first-order valence-electron chi connectivity index (χ1n) is 13.7. The lowest BCUT2D eigenvalue weighted by molar-refractivity contribution is -0.125. The topological polar surface area (TPSA) is 93.3 Å². The van der Waals surface area contributed by atoms with Crippen molar-refractivity contribution < 1.29 is 19.1 Å². The van der Waals surface area contributed by atoms with Gasteiger partial charge in [0.15, 0.2) is 5.78 Å². The number of aromatic nitrogens is 2. The average molecular weight is 657 g/mol. The minimum atomic E-state index is -0.559. The molecule has 2 saturated carbocycles. The molecule has 2 aliphatic heterocycles. The van der Waals surface area contributed by atoms with Crippen molar-refractivity contribution in [3.63, 3.8) is 0 Å². The van der Waals surface area contributed by atoms with Crippen molar-refractivity contribution in [1.29, 1.82) is 0 Å². The second-order valence-electron chi connectivity index (χ2n) is 10.7. The Labute approximate surface area is 244 Å². The first-order valence-corrected chi connectivity index (χ1v) is 15.3. The second kappa shape index (κ2) is 11.5. The van der Waals surface area contributed by atoms with Crippen molar-refractivity contribution in [2.45, 2.75) is 69.9 Å². The Balaban J connectivity index is 0.000000142. The number of hydrogen-bond acceptors (Lipinski definition) is 5. The molecule has 7 rings (SSSR count). The van der Waals surface area contributed by atoms with Gasteiger partial charge in [0.25, 0.3) is 0 Å². The number of hydrogen-bond donors (Lipinski definition) is 2. The molecule has 3 heterocycles. The summed E-state index contributed by atoms with van der Waals surface area (Å²) in [6.45, 7) is 0.805. The normalized spacial score (nSPS) is 20.2. The molecule has 0 bridgehead atoms. The largest absolute Gasteiger partial charge is 0.490 e. The van der Waals surface area contributed by atoms with Crippen LogP contribution < -0.4 is 14.8 Å². The second-order valence-corrected chi connectivity index (χ2v) is 12.5. The van der Waals surface area contributed by atoms with E-state index in [0.29, 0.717) is 23.8 Å². The van der Waals surface area contributed by atoms with E-state index >= 15 is 0 Å². The van der Waals surface area contributed by atoms with Gasteiger partial charge < -0.3 is 19.8 Å². The fourth-order valence-corrected chi connectivity index (χ4v) is 6.63. The molecule has 1 amide bonds. The van der Waals surface area contributed by atoms with Gasteiger partial charge in [-0.25, -0.2) is 4.98 Å². The number of halogens is 2. The fourth-order valence-electron chi connectivity index (χ4n) is 5.95. The minimum Gasteiger partial charge on any atom is -0.490 e. The molecule has 1 unspecified atom stereocenters. The van der Waals surface area contributed by atoms with Gasteiger partial charge in [-0.05, 0) is 62.1 Å². The molecule has 204 valence electrons. The Morgan fingerprint density at radius 1 is 0.897 bits per heavy atom. The highest BCUT2D eigenvalue weighted by Crippen LogP contribution is 2.40. The molecule has 1 aromatic heterocycles. The van der Waals surface area contributed by atoms with Crippen LogP contribution in [0.3, 0.4) is 0 Å². The van der Waals surface area contributed by atoms with E-state index in [-0.39, 0.29) is 24.2 Å². The highest BCUT2D eigenvalue weighted by atomic mass is 79.9. The summed E-state index contributed by atoms with van der Waals surface area (Å²) in [6.07, 6.45) is 9.25. The smallest absolute Gasteiger partial charge is 0.223 e. The standard InChI is InChI=1S/C15H15BrN2O.C15H16BrNO3/c16-10-5-6-11-13(7-10)19-8-12-14(11)18-15(17-12)9-3-1-2-4-9;16-10-5-6-11-13(7-10)20-8-12(14(11)18)17-15(19)9-3-1-2-4-9/h5-7,9H,1-4,8H2,(H,17,18);5-7,9,12H,1-4,8H2,(H,17,19). The third-order valence-corrected chi connectivity index (χ3v) is 9.07. The van der Waals surface area contributed by atoms with E-state index in [1.165, 1.54) is 25.7 Å². The highest BCUT2D eigenvalue weighted by molar-refractivity contribution is 9.10. The van der Waals surface area contributed by atoms with Crippen LogP contribution >= 0.6 is 31.9 Å². The lowest BCUT2D eigenvalue weighted by Gasteiger charge is -2.26. The molecule has 0 spiro atoms. The van der Waals surface area contributed by atoms with E-state index in [2.05, 4.69) is 48.2 Å². The van der Waals surface area contributed by atoms with Crippen LogP contribution in [0.1, 0.15) is 79.2 Å². The fraction of sp³-hybridized carbons (Fsp3) is 0.433. The van der Waals surface area contributed by atoms with Gasteiger partial charge in [0, 0.05) is 26.3 Å². The van der Waals surface area contributed by atoms with Crippen LogP contribution in [0.4, 0.5) is 0 Å². The monoisotopic (exact) mass is 655 g/mol. The van der Waals surface area contributed by atoms with Gasteiger partial charge in [-0.3, -0.25) is 9.59 Å². The number of aromatic amines is 1. The molecule has 39 heavy (non-hydrogen) atoms. The zero-order valence-corrected chi connectivity index (χ0v) is 24.8. The number of fused-ring (bicyclic) bond motifs is 4. The van der Waals surface area contributed by atoms with Crippen molar-refractivity contribution in [3.05, 3.63) is 62.4 Å². The van der Waals surface area contributed by atoms with Gasteiger partial charge in [-0.2, -0.15) is 0 Å². The van der Waals surface area contributed by atoms with Crippen LogP contribution in [-0.4, -0.2) is 34.3 Å². The Kier molecular flexibility index (Phi) is 7.80. The molecule has 0 saturated heterocycles. The van der Waals surface area contributed by atoms with Gasteiger partial charge in [0.2, 0.25) is 5.91 Å². The lowest BCUT2D eigenvalue weighted by Crippen LogP contribution is -2.48. The molecule has 4 aliphatic rings. The van der Waals surface area contributed by atoms with Gasteiger partial charge in [-0.15, -0.1) is 0 Å². The molecule has 2 aliphatic carbocycles. The number of imidazole rings is 1. The summed E-state index contributed by atoms with van der Waals surface area (Å²) in [5.41, 5.74) is 3.84. The van der Waals surface area contributed by atoms with E-state index < -0.39 is 6.04 Å². The maximum absolute atomic E-state index is 12.4. The van der Waals surface area contributed by atoms with Crippen LogP contribution in [0, 0.1) is 5.92 Å². The molecule has 2 aromatic carbocycles. The van der Waals surface area contributed by atoms with E-state index in [1.54, 1.807) is 18.2 Å². The van der Waals surface area contributed by atoms with E-state index in [0.717, 1.165) is 63.2 Å². The molecule has 1 atom stereocenters. The van der Waals surface area contributed by atoms with Crippen molar-refractivity contribution in [2.24, 2.45) is 5.92 Å². The Hall–Kier alpha value is -2.65. The molecule has 3 aromatic rings. The summed E-state index contributed by atoms with van der Waals surface area (Å²) in [6, 6.07) is 10.9. The highest BCUT2D eigenvalue weighted by Gasteiger charge is 2.33. The molecular formula is C30H31Br2N3O4. The summed E-state index contributed by atoms with van der Waals surface area (Å²) in [5, 5.41) is 2.84.